The number of methoxy groups -OCH3 is 2. The molecule has 5 aromatic rings. The van der Waals surface area contributed by atoms with Crippen molar-refractivity contribution >= 4 is 24.0 Å². The van der Waals surface area contributed by atoms with Crippen LogP contribution in [0.15, 0.2) is 73.1 Å². The van der Waals surface area contributed by atoms with Crippen LogP contribution in [0.3, 0.4) is 0 Å². The molecular formula is C52H62N8O6. The minimum atomic E-state index is -0.684. The normalized spacial score (nSPS) is 21.9. The van der Waals surface area contributed by atoms with Crippen molar-refractivity contribution in [2.45, 2.75) is 109 Å². The van der Waals surface area contributed by atoms with E-state index in [1.807, 2.05) is 49.9 Å². The van der Waals surface area contributed by atoms with Gasteiger partial charge in [0.05, 0.1) is 50.1 Å². The molecule has 1 saturated carbocycles. The van der Waals surface area contributed by atoms with Crippen LogP contribution in [-0.2, 0) is 19.1 Å². The summed E-state index contributed by atoms with van der Waals surface area (Å²) in [5.41, 5.74) is 11.8. The Morgan fingerprint density at radius 3 is 1.33 bits per heavy atom. The number of fused-ring (bicyclic) bond motifs is 5. The number of likely N-dealkylation sites (tertiary alicyclic amines) is 2. The van der Waals surface area contributed by atoms with Crippen LogP contribution in [0.1, 0.15) is 120 Å². The molecule has 4 amide bonds. The molecule has 0 spiro atoms. The first-order valence-electron chi connectivity index (χ1n) is 23.6. The molecule has 2 saturated heterocycles. The monoisotopic (exact) mass is 894 g/mol. The van der Waals surface area contributed by atoms with Crippen LogP contribution in [0.4, 0.5) is 9.59 Å². The first kappa shape index (κ1) is 44.7. The zero-order valence-corrected chi connectivity index (χ0v) is 39.0. The molecule has 66 heavy (non-hydrogen) atoms. The van der Waals surface area contributed by atoms with E-state index in [1.165, 1.54) is 60.4 Å². The molecular weight excluding hydrogens is 833 g/mol. The number of nitrogens with one attached hydrogen (secondary N) is 4. The first-order chi connectivity index (χ1) is 31.9. The highest BCUT2D eigenvalue weighted by Crippen LogP contribution is 2.61. The third kappa shape index (κ3) is 8.23. The molecule has 14 heteroatoms. The van der Waals surface area contributed by atoms with Crippen molar-refractivity contribution in [1.82, 2.24) is 40.4 Å². The van der Waals surface area contributed by atoms with Crippen molar-refractivity contribution in [2.75, 3.05) is 27.3 Å². The van der Waals surface area contributed by atoms with Crippen LogP contribution >= 0.6 is 0 Å². The predicted molar refractivity (Wildman–Crippen MR) is 252 cm³/mol. The number of hydrogen-bond acceptors (Lipinski definition) is 8. The van der Waals surface area contributed by atoms with Crippen LogP contribution in [0, 0.1) is 17.8 Å². The number of alkyl carbamates (subject to hydrolysis) is 2. The first-order valence-corrected chi connectivity index (χ1v) is 23.6. The second-order valence-electron chi connectivity index (χ2n) is 19.3. The number of aromatic amines is 2. The van der Waals surface area contributed by atoms with Crippen LogP contribution < -0.4 is 10.6 Å². The Labute approximate surface area is 386 Å². The molecule has 2 aliphatic carbocycles. The van der Waals surface area contributed by atoms with Crippen LogP contribution in [0.2, 0.25) is 0 Å². The standard InChI is InChI=1S/C52H62N8O6/c1-28(2)45(57-51(63)65-6)49(61)59-24-8-10-41(59)47-53-26-39(55-47)33-16-12-31(13-17-33)37-22-23-38(44-36-21-20-35(30(36)5)43(37)44)32-14-18-34(19-15-32)40-27-54-48(56-40)42-11-9-25-60(42)50(62)46(29(3)4)58-52(64)66-7/h12-19,22-23,26-30,35-36,41-42,45-46H,8-11,20-21,24-25H2,1-7H3,(H,53,55)(H,54,56)(H,57,63)(H,58,64)/t30?,35?,36?,41-,42?,45-,46-/m0/s1. The number of nitrogens with zero attached hydrogens (tertiary/aromatic N) is 4. The summed E-state index contributed by atoms with van der Waals surface area (Å²) < 4.78 is 9.60. The Kier molecular flexibility index (Phi) is 12.5. The number of rotatable bonds is 12. The minimum absolute atomic E-state index is 0.102. The summed E-state index contributed by atoms with van der Waals surface area (Å²) in [6.45, 7) is 11.3. The molecule has 14 nitrogen and oxygen atoms in total. The second-order valence-corrected chi connectivity index (χ2v) is 19.3. The average Bonchev–Trinajstić information content (AvgIpc) is 4.20. The molecule has 2 aliphatic heterocycles. The van der Waals surface area contributed by atoms with Crippen molar-refractivity contribution in [1.29, 1.82) is 0 Å². The summed E-state index contributed by atoms with van der Waals surface area (Å²) in [5, 5.41) is 5.45. The summed E-state index contributed by atoms with van der Waals surface area (Å²) in [4.78, 5) is 71.8. The van der Waals surface area contributed by atoms with Crippen molar-refractivity contribution in [3.8, 4) is 44.8 Å². The van der Waals surface area contributed by atoms with E-state index in [9.17, 15) is 19.2 Å². The number of H-pyrrole nitrogens is 2. The van der Waals surface area contributed by atoms with Crippen molar-refractivity contribution in [3.05, 3.63) is 95.8 Å². The maximum atomic E-state index is 13.7. The van der Waals surface area contributed by atoms with Gasteiger partial charge in [-0.1, -0.05) is 95.3 Å². The Morgan fingerprint density at radius 1 is 0.591 bits per heavy atom. The van der Waals surface area contributed by atoms with Gasteiger partial charge in [-0.25, -0.2) is 19.6 Å². The molecule has 2 aromatic heterocycles. The maximum Gasteiger partial charge on any atom is 0.407 e. The lowest BCUT2D eigenvalue weighted by Crippen LogP contribution is -2.51. The Morgan fingerprint density at radius 2 is 0.970 bits per heavy atom. The summed E-state index contributed by atoms with van der Waals surface area (Å²) in [5.74, 6) is 2.65. The number of amides is 4. The lowest BCUT2D eigenvalue weighted by molar-refractivity contribution is -0.136. The quantitative estimate of drug-likeness (QED) is 0.0958. The van der Waals surface area contributed by atoms with E-state index < -0.39 is 24.3 Å². The van der Waals surface area contributed by atoms with Gasteiger partial charge in [-0.15, -0.1) is 0 Å². The van der Waals surface area contributed by atoms with Gasteiger partial charge in [0.25, 0.3) is 0 Å². The van der Waals surface area contributed by atoms with Gasteiger partial charge in [-0.3, -0.25) is 9.59 Å². The molecule has 4 unspecified atom stereocenters. The molecule has 9 rings (SSSR count). The Hall–Kier alpha value is -6.44. The SMILES string of the molecule is COC(=O)N[C@H](C(=O)N1CCCC1c1ncc(-c2ccc(-c3ccc(-c4ccc(-c5cnc([C@@H]6CCCN6C(=O)[C@@H](NC(=O)OC)C(C)C)[nH]5)cc4)c4c3C3CCC4C3C)cc2)[nH]1)C(C)C. The average molecular weight is 895 g/mol. The van der Waals surface area contributed by atoms with E-state index in [0.29, 0.717) is 30.8 Å². The largest absolute Gasteiger partial charge is 0.453 e. The molecule has 4 heterocycles. The second kappa shape index (κ2) is 18.4. The summed E-state index contributed by atoms with van der Waals surface area (Å²) in [7, 11) is 2.61. The molecule has 2 bridgehead atoms. The molecule has 3 aromatic carbocycles. The van der Waals surface area contributed by atoms with Gasteiger partial charge >= 0.3 is 12.2 Å². The van der Waals surface area contributed by atoms with Gasteiger partial charge in [0, 0.05) is 13.1 Å². The number of hydrogen-bond donors (Lipinski definition) is 4. The predicted octanol–water partition coefficient (Wildman–Crippen LogP) is 9.50. The molecule has 4 N–H and O–H groups in total. The lowest BCUT2D eigenvalue weighted by atomic mass is 9.81. The highest BCUT2D eigenvalue weighted by Gasteiger charge is 2.46. The van der Waals surface area contributed by atoms with E-state index in [0.717, 1.165) is 59.8 Å². The van der Waals surface area contributed by atoms with Gasteiger partial charge in [0.1, 0.15) is 23.7 Å². The fourth-order valence-electron chi connectivity index (χ4n) is 11.3. The Bertz CT molecular complexity index is 2420. The zero-order chi connectivity index (χ0) is 46.4. The Balaban J connectivity index is 0.923. The molecule has 3 fully saturated rings. The molecule has 0 radical (unpaired) electrons. The third-order valence-electron chi connectivity index (χ3n) is 14.8. The number of carbonyl (C=O) groups excluding carboxylic acids is 4. The minimum Gasteiger partial charge on any atom is -0.453 e. The number of benzene rings is 3. The summed E-state index contributed by atoms with van der Waals surface area (Å²) in [6, 6.07) is 20.3. The fourth-order valence-corrected chi connectivity index (χ4v) is 11.3. The summed E-state index contributed by atoms with van der Waals surface area (Å²) >= 11 is 0. The lowest BCUT2D eigenvalue weighted by Gasteiger charge is -2.30. The van der Waals surface area contributed by atoms with Crippen molar-refractivity contribution < 1.29 is 28.7 Å². The van der Waals surface area contributed by atoms with Gasteiger partial charge in [-0.2, -0.15) is 0 Å². The number of carbonyl (C=O) groups is 4. The van der Waals surface area contributed by atoms with E-state index in [2.05, 4.69) is 88.2 Å². The highest BCUT2D eigenvalue weighted by molar-refractivity contribution is 5.87. The van der Waals surface area contributed by atoms with Gasteiger partial charge in [0.15, 0.2) is 0 Å². The molecule has 4 aliphatic rings. The van der Waals surface area contributed by atoms with E-state index in [4.69, 9.17) is 19.4 Å². The summed E-state index contributed by atoms with van der Waals surface area (Å²) in [6.07, 6.45) is 8.18. The topological polar surface area (TPSA) is 175 Å². The van der Waals surface area contributed by atoms with E-state index in [1.54, 1.807) is 0 Å². The van der Waals surface area contributed by atoms with Gasteiger partial charge in [-0.05, 0) is 113 Å². The van der Waals surface area contributed by atoms with E-state index >= 15 is 0 Å². The fraction of sp³-hybridized carbons (Fsp3) is 0.462. The number of ether oxygens (including phenoxy) is 2. The van der Waals surface area contributed by atoms with E-state index in [-0.39, 0.29) is 35.7 Å². The van der Waals surface area contributed by atoms with Crippen LogP contribution in [0.25, 0.3) is 44.8 Å². The maximum absolute atomic E-state index is 13.7. The van der Waals surface area contributed by atoms with Crippen LogP contribution in [0.5, 0.6) is 0 Å². The van der Waals surface area contributed by atoms with Gasteiger partial charge in [0.2, 0.25) is 11.8 Å². The zero-order valence-electron chi connectivity index (χ0n) is 39.0. The number of imidazole rings is 2. The van der Waals surface area contributed by atoms with Gasteiger partial charge < -0.3 is 39.9 Å². The molecule has 7 atom stereocenters. The number of aromatic nitrogens is 4. The smallest absolute Gasteiger partial charge is 0.407 e. The third-order valence-corrected chi connectivity index (χ3v) is 14.8. The van der Waals surface area contributed by atoms with Crippen LogP contribution in [-0.4, -0.2) is 93.1 Å². The highest BCUT2D eigenvalue weighted by atomic mass is 16.5. The molecule has 346 valence electrons. The van der Waals surface area contributed by atoms with Crippen molar-refractivity contribution in [3.63, 3.8) is 0 Å². The van der Waals surface area contributed by atoms with Crippen molar-refractivity contribution in [2.24, 2.45) is 17.8 Å².